The summed E-state index contributed by atoms with van der Waals surface area (Å²) >= 11 is 0. The normalized spacial score (nSPS) is 25.6. The van der Waals surface area contributed by atoms with Crippen molar-refractivity contribution < 1.29 is 8.42 Å². The first-order valence-corrected chi connectivity index (χ1v) is 6.11. The average Bonchev–Trinajstić information content (AvgIpc) is 1.83. The second kappa shape index (κ2) is 3.00. The van der Waals surface area contributed by atoms with Crippen LogP contribution in [0.2, 0.25) is 0 Å². The van der Waals surface area contributed by atoms with Gasteiger partial charge in [-0.15, -0.1) is 0 Å². The van der Waals surface area contributed by atoms with Crippen molar-refractivity contribution in [2.75, 3.05) is 19.3 Å². The Morgan fingerprint density at radius 1 is 1.17 bits per heavy atom. The molecule has 4 heteroatoms. The molecule has 1 rings (SSSR count). The number of rotatable bonds is 1. The molecule has 0 radical (unpaired) electrons. The molecule has 0 amide bonds. The SMILES string of the molecule is CC1(C)CCN(S(C)(=O)=O)CC1. The van der Waals surface area contributed by atoms with Crippen molar-refractivity contribution in [2.45, 2.75) is 26.7 Å². The lowest BCUT2D eigenvalue weighted by atomic mass is 9.83. The van der Waals surface area contributed by atoms with Crippen molar-refractivity contribution in [3.63, 3.8) is 0 Å². The zero-order chi connectivity index (χ0) is 9.41. The summed E-state index contributed by atoms with van der Waals surface area (Å²) in [6.45, 7) is 5.75. The number of sulfonamides is 1. The molecule has 12 heavy (non-hydrogen) atoms. The Bertz CT molecular complexity index is 246. The molecule has 72 valence electrons. The van der Waals surface area contributed by atoms with Crippen LogP contribution in [0.15, 0.2) is 0 Å². The quantitative estimate of drug-likeness (QED) is 0.621. The zero-order valence-corrected chi connectivity index (χ0v) is 8.82. The Hall–Kier alpha value is -0.0900. The third-order valence-corrected chi connectivity index (χ3v) is 3.85. The van der Waals surface area contributed by atoms with Crippen LogP contribution in [0.3, 0.4) is 0 Å². The Morgan fingerprint density at radius 2 is 1.58 bits per heavy atom. The summed E-state index contributed by atoms with van der Waals surface area (Å²) in [7, 11) is -2.94. The van der Waals surface area contributed by atoms with Gasteiger partial charge < -0.3 is 0 Å². The zero-order valence-electron chi connectivity index (χ0n) is 8.00. The second-order valence-electron chi connectivity index (χ2n) is 4.33. The fraction of sp³-hybridized carbons (Fsp3) is 1.00. The van der Waals surface area contributed by atoms with Crippen LogP contribution in [0.5, 0.6) is 0 Å². The minimum Gasteiger partial charge on any atom is -0.213 e. The van der Waals surface area contributed by atoms with Gasteiger partial charge in [0.05, 0.1) is 6.26 Å². The summed E-state index contributed by atoms with van der Waals surface area (Å²) in [6.07, 6.45) is 3.23. The van der Waals surface area contributed by atoms with Gasteiger partial charge in [-0.25, -0.2) is 12.7 Å². The predicted octanol–water partition coefficient (Wildman–Crippen LogP) is 1.07. The van der Waals surface area contributed by atoms with Crippen LogP contribution < -0.4 is 0 Å². The predicted molar refractivity (Wildman–Crippen MR) is 49.4 cm³/mol. The smallest absolute Gasteiger partial charge is 0.211 e. The van der Waals surface area contributed by atoms with Crippen LogP contribution in [0.25, 0.3) is 0 Å². The van der Waals surface area contributed by atoms with E-state index in [2.05, 4.69) is 13.8 Å². The highest BCUT2D eigenvalue weighted by atomic mass is 32.2. The molecule has 0 atom stereocenters. The molecule has 1 heterocycles. The van der Waals surface area contributed by atoms with E-state index in [0.29, 0.717) is 18.5 Å². The molecule has 1 aliphatic rings. The van der Waals surface area contributed by atoms with E-state index in [9.17, 15) is 8.42 Å². The van der Waals surface area contributed by atoms with Gasteiger partial charge in [-0.05, 0) is 18.3 Å². The molecule has 3 nitrogen and oxygen atoms in total. The van der Waals surface area contributed by atoms with Crippen molar-refractivity contribution >= 4 is 10.0 Å². The van der Waals surface area contributed by atoms with Gasteiger partial charge in [-0.1, -0.05) is 13.8 Å². The van der Waals surface area contributed by atoms with Crippen LogP contribution >= 0.6 is 0 Å². The Morgan fingerprint density at radius 3 is 1.92 bits per heavy atom. The molecule has 0 aromatic rings. The van der Waals surface area contributed by atoms with E-state index in [1.165, 1.54) is 6.26 Å². The summed E-state index contributed by atoms with van der Waals surface area (Å²) in [5, 5.41) is 0. The molecule has 0 aromatic heterocycles. The van der Waals surface area contributed by atoms with Crippen molar-refractivity contribution in [2.24, 2.45) is 5.41 Å². The highest BCUT2D eigenvalue weighted by Gasteiger charge is 2.29. The average molecular weight is 191 g/mol. The van der Waals surface area contributed by atoms with Gasteiger partial charge in [0.25, 0.3) is 0 Å². The monoisotopic (exact) mass is 191 g/mol. The summed E-state index contributed by atoms with van der Waals surface area (Å²) < 4.78 is 23.8. The fourth-order valence-electron chi connectivity index (χ4n) is 1.42. The first kappa shape index (κ1) is 9.99. The van der Waals surface area contributed by atoms with E-state index in [0.717, 1.165) is 12.8 Å². The van der Waals surface area contributed by atoms with E-state index < -0.39 is 10.0 Å². The van der Waals surface area contributed by atoms with E-state index in [1.54, 1.807) is 4.31 Å². The number of piperidine rings is 1. The van der Waals surface area contributed by atoms with E-state index in [4.69, 9.17) is 0 Å². The number of hydrogen-bond donors (Lipinski definition) is 0. The molecule has 0 unspecified atom stereocenters. The second-order valence-corrected chi connectivity index (χ2v) is 6.31. The third-order valence-electron chi connectivity index (χ3n) is 2.54. The van der Waals surface area contributed by atoms with Gasteiger partial charge in [-0.3, -0.25) is 0 Å². The van der Waals surface area contributed by atoms with E-state index in [1.807, 2.05) is 0 Å². The first-order valence-electron chi connectivity index (χ1n) is 4.26. The third kappa shape index (κ3) is 2.45. The summed E-state index contributed by atoms with van der Waals surface area (Å²) in [6, 6.07) is 0. The molecule has 0 bridgehead atoms. The maximum absolute atomic E-state index is 11.1. The molecule has 1 saturated heterocycles. The van der Waals surface area contributed by atoms with Crippen molar-refractivity contribution in [3.05, 3.63) is 0 Å². The van der Waals surface area contributed by atoms with E-state index in [-0.39, 0.29) is 0 Å². The molecule has 0 saturated carbocycles. The summed E-state index contributed by atoms with van der Waals surface area (Å²) in [5.41, 5.74) is 0.321. The van der Waals surface area contributed by atoms with Crippen molar-refractivity contribution in [3.8, 4) is 0 Å². The van der Waals surface area contributed by atoms with Crippen LogP contribution in [0.4, 0.5) is 0 Å². The fourth-order valence-corrected chi connectivity index (χ4v) is 2.27. The molecule has 1 fully saturated rings. The van der Waals surface area contributed by atoms with Crippen LogP contribution in [-0.2, 0) is 10.0 Å². The van der Waals surface area contributed by atoms with Gasteiger partial charge in [0.1, 0.15) is 0 Å². The minimum atomic E-state index is -2.94. The Kier molecular flexibility index (Phi) is 2.50. The van der Waals surface area contributed by atoms with Crippen LogP contribution in [0.1, 0.15) is 26.7 Å². The lowest BCUT2D eigenvalue weighted by Gasteiger charge is -2.35. The molecular weight excluding hydrogens is 174 g/mol. The van der Waals surface area contributed by atoms with E-state index >= 15 is 0 Å². The van der Waals surface area contributed by atoms with Crippen LogP contribution in [-0.4, -0.2) is 32.1 Å². The lowest BCUT2D eigenvalue weighted by molar-refractivity contribution is 0.196. The molecule has 0 N–H and O–H groups in total. The molecule has 0 aliphatic carbocycles. The van der Waals surface area contributed by atoms with Gasteiger partial charge in [0.2, 0.25) is 10.0 Å². The highest BCUT2D eigenvalue weighted by molar-refractivity contribution is 7.88. The number of hydrogen-bond acceptors (Lipinski definition) is 2. The van der Waals surface area contributed by atoms with Crippen molar-refractivity contribution in [1.29, 1.82) is 0 Å². The lowest BCUT2D eigenvalue weighted by Crippen LogP contribution is -2.40. The number of nitrogens with zero attached hydrogens (tertiary/aromatic N) is 1. The Labute approximate surface area is 74.8 Å². The standard InChI is InChI=1S/C8H17NO2S/c1-8(2)4-6-9(7-5-8)12(3,10)11/h4-7H2,1-3H3. The molecular formula is C8H17NO2S. The summed E-state index contributed by atoms with van der Waals surface area (Å²) in [5.74, 6) is 0. The molecule has 0 aromatic carbocycles. The maximum Gasteiger partial charge on any atom is 0.211 e. The van der Waals surface area contributed by atoms with Gasteiger partial charge in [-0.2, -0.15) is 0 Å². The largest absolute Gasteiger partial charge is 0.213 e. The van der Waals surface area contributed by atoms with Gasteiger partial charge in [0.15, 0.2) is 0 Å². The first-order chi connectivity index (χ1) is 5.31. The maximum atomic E-state index is 11.1. The Balaban J connectivity index is 2.59. The minimum absolute atomic E-state index is 0.321. The molecule has 0 spiro atoms. The topological polar surface area (TPSA) is 37.4 Å². The molecule has 1 aliphatic heterocycles. The highest BCUT2D eigenvalue weighted by Crippen LogP contribution is 2.30. The van der Waals surface area contributed by atoms with Crippen LogP contribution in [0, 0.1) is 5.41 Å². The van der Waals surface area contributed by atoms with Crippen molar-refractivity contribution in [1.82, 2.24) is 4.31 Å². The van der Waals surface area contributed by atoms with Gasteiger partial charge >= 0.3 is 0 Å². The summed E-state index contributed by atoms with van der Waals surface area (Å²) in [4.78, 5) is 0. The van der Waals surface area contributed by atoms with Gasteiger partial charge in [0, 0.05) is 13.1 Å².